The first-order valence-electron chi connectivity index (χ1n) is 9.00. The zero-order valence-corrected chi connectivity index (χ0v) is 17.2. The van der Waals surface area contributed by atoms with Gasteiger partial charge in [0.2, 0.25) is 5.91 Å². The van der Waals surface area contributed by atoms with Crippen molar-refractivity contribution in [2.24, 2.45) is 0 Å². The Morgan fingerprint density at radius 1 is 1.29 bits per heavy atom. The summed E-state index contributed by atoms with van der Waals surface area (Å²) in [4.78, 5) is 12.5. The molecule has 1 fully saturated rings. The van der Waals surface area contributed by atoms with Crippen LogP contribution in [-0.4, -0.2) is 19.6 Å². The predicted molar refractivity (Wildman–Crippen MR) is 111 cm³/mol. The van der Waals surface area contributed by atoms with Crippen molar-refractivity contribution in [3.05, 3.63) is 64.1 Å². The minimum atomic E-state index is -0.294. The van der Waals surface area contributed by atoms with Crippen LogP contribution in [0.25, 0.3) is 6.08 Å². The van der Waals surface area contributed by atoms with Crippen molar-refractivity contribution >= 4 is 27.9 Å². The van der Waals surface area contributed by atoms with Crippen molar-refractivity contribution in [2.45, 2.75) is 24.8 Å². The average Bonchev–Trinajstić information content (AvgIpc) is 2.67. The molecule has 1 amide bonds. The van der Waals surface area contributed by atoms with Crippen LogP contribution in [0.2, 0.25) is 0 Å². The second kappa shape index (κ2) is 8.94. The van der Waals surface area contributed by atoms with Crippen molar-refractivity contribution in [2.75, 3.05) is 13.7 Å². The molecule has 0 aromatic heterocycles. The summed E-state index contributed by atoms with van der Waals surface area (Å²) in [5.74, 6) is 0.875. The number of benzene rings is 2. The van der Waals surface area contributed by atoms with Crippen LogP contribution in [0.4, 0.5) is 0 Å². The molecule has 0 atom stereocenters. The first-order valence-corrected chi connectivity index (χ1v) is 9.80. The molecule has 2 aromatic rings. The summed E-state index contributed by atoms with van der Waals surface area (Å²) in [7, 11) is 1.53. The van der Waals surface area contributed by atoms with Gasteiger partial charge in [-0.25, -0.2) is 0 Å². The van der Waals surface area contributed by atoms with Gasteiger partial charge in [0.1, 0.15) is 6.07 Å². The fraction of sp³-hybridized carbons (Fsp3) is 0.273. The van der Waals surface area contributed by atoms with Crippen LogP contribution < -0.4 is 14.8 Å². The number of nitrogens with zero attached hydrogens (tertiary/aromatic N) is 1. The van der Waals surface area contributed by atoms with Crippen LogP contribution in [0.15, 0.2) is 53.0 Å². The van der Waals surface area contributed by atoms with Crippen molar-refractivity contribution in [1.82, 2.24) is 5.32 Å². The normalized spacial score (nSPS) is 14.8. The van der Waals surface area contributed by atoms with E-state index in [0.717, 1.165) is 34.9 Å². The summed E-state index contributed by atoms with van der Waals surface area (Å²) < 4.78 is 11.6. The molecule has 0 heterocycles. The molecule has 0 saturated heterocycles. The monoisotopic (exact) mass is 440 g/mol. The van der Waals surface area contributed by atoms with E-state index in [1.807, 2.05) is 24.3 Å². The number of carbonyl (C=O) groups is 1. The molecule has 144 valence electrons. The van der Waals surface area contributed by atoms with Gasteiger partial charge in [-0.3, -0.25) is 4.79 Å². The largest absolute Gasteiger partial charge is 0.493 e. The molecule has 0 aliphatic heterocycles. The quantitative estimate of drug-likeness (QED) is 0.640. The van der Waals surface area contributed by atoms with Gasteiger partial charge in [0.05, 0.1) is 12.6 Å². The van der Waals surface area contributed by atoms with E-state index in [2.05, 4.69) is 33.4 Å². The molecular formula is C22H21BrN2O3. The summed E-state index contributed by atoms with van der Waals surface area (Å²) in [6, 6.07) is 15.3. The van der Waals surface area contributed by atoms with E-state index in [4.69, 9.17) is 14.7 Å². The highest BCUT2D eigenvalue weighted by Gasteiger charge is 2.39. The van der Waals surface area contributed by atoms with Gasteiger partial charge in [0.25, 0.3) is 0 Å². The maximum atomic E-state index is 12.5. The number of nitrogens with one attached hydrogen (secondary N) is 1. The lowest BCUT2D eigenvalue weighted by Crippen LogP contribution is -2.50. The molecule has 1 N–H and O–H groups in total. The number of nitriles is 1. The molecule has 1 aliphatic rings. The summed E-state index contributed by atoms with van der Waals surface area (Å²) in [6.07, 6.45) is 6.23. The molecule has 2 aromatic carbocycles. The predicted octanol–water partition coefficient (Wildman–Crippen LogP) is 4.57. The highest BCUT2D eigenvalue weighted by Crippen LogP contribution is 2.42. The number of hydrogen-bond acceptors (Lipinski definition) is 4. The number of methoxy groups -OCH3 is 1. The molecular weight excluding hydrogens is 420 g/mol. The molecule has 0 bridgehead atoms. The Morgan fingerprint density at radius 3 is 2.75 bits per heavy atom. The van der Waals surface area contributed by atoms with E-state index >= 15 is 0 Å². The molecule has 1 saturated carbocycles. The first-order chi connectivity index (χ1) is 13.6. The van der Waals surface area contributed by atoms with Gasteiger partial charge in [-0.05, 0) is 60.7 Å². The van der Waals surface area contributed by atoms with E-state index in [1.54, 1.807) is 18.2 Å². The second-order valence-corrected chi connectivity index (χ2v) is 7.54. The molecule has 28 heavy (non-hydrogen) atoms. The Bertz CT molecular complexity index is 930. The van der Waals surface area contributed by atoms with E-state index in [9.17, 15) is 4.79 Å². The Hall–Kier alpha value is -2.78. The van der Waals surface area contributed by atoms with Crippen LogP contribution in [0.1, 0.15) is 30.4 Å². The molecule has 0 radical (unpaired) electrons. The van der Waals surface area contributed by atoms with Gasteiger partial charge < -0.3 is 14.8 Å². The summed E-state index contributed by atoms with van der Waals surface area (Å²) in [5.41, 5.74) is 1.63. The number of rotatable bonds is 7. The lowest BCUT2D eigenvalue weighted by atomic mass is 9.72. The Morgan fingerprint density at radius 2 is 2.11 bits per heavy atom. The van der Waals surface area contributed by atoms with Crippen LogP contribution in [0.3, 0.4) is 0 Å². The molecule has 1 aliphatic carbocycles. The van der Waals surface area contributed by atoms with Gasteiger partial charge in [0, 0.05) is 10.5 Å². The third-order valence-electron chi connectivity index (χ3n) is 4.85. The highest BCUT2D eigenvalue weighted by atomic mass is 79.9. The van der Waals surface area contributed by atoms with Gasteiger partial charge in [0.15, 0.2) is 18.1 Å². The minimum absolute atomic E-state index is 0.0500. The van der Waals surface area contributed by atoms with Gasteiger partial charge in [-0.15, -0.1) is 0 Å². The van der Waals surface area contributed by atoms with Gasteiger partial charge >= 0.3 is 0 Å². The van der Waals surface area contributed by atoms with Crippen molar-refractivity contribution < 1.29 is 14.3 Å². The second-order valence-electron chi connectivity index (χ2n) is 6.63. The fourth-order valence-corrected chi connectivity index (χ4v) is 3.67. The van der Waals surface area contributed by atoms with E-state index in [0.29, 0.717) is 11.5 Å². The Kier molecular flexibility index (Phi) is 6.37. The fourth-order valence-electron chi connectivity index (χ4n) is 3.27. The number of amides is 1. The zero-order chi connectivity index (χ0) is 20.0. The Balaban J connectivity index is 1.70. The number of halogens is 1. The van der Waals surface area contributed by atoms with Crippen LogP contribution in [0, 0.1) is 11.3 Å². The third-order valence-corrected chi connectivity index (χ3v) is 5.35. The lowest BCUT2D eigenvalue weighted by molar-refractivity contribution is -0.119. The number of carbonyl (C=O) groups excluding carboxylic acids is 1. The van der Waals surface area contributed by atoms with Crippen molar-refractivity contribution in [3.8, 4) is 17.6 Å². The van der Waals surface area contributed by atoms with E-state index in [1.165, 1.54) is 13.2 Å². The summed E-state index contributed by atoms with van der Waals surface area (Å²) in [5, 5.41) is 11.8. The van der Waals surface area contributed by atoms with E-state index in [-0.39, 0.29) is 18.1 Å². The van der Waals surface area contributed by atoms with Gasteiger partial charge in [-0.2, -0.15) is 5.26 Å². The van der Waals surface area contributed by atoms with Crippen LogP contribution in [-0.2, 0) is 10.3 Å². The third kappa shape index (κ3) is 4.55. The summed E-state index contributed by atoms with van der Waals surface area (Å²) >= 11 is 3.50. The van der Waals surface area contributed by atoms with Crippen LogP contribution in [0.5, 0.6) is 11.5 Å². The molecule has 3 rings (SSSR count). The minimum Gasteiger partial charge on any atom is -0.493 e. The topological polar surface area (TPSA) is 71.3 Å². The molecule has 0 unspecified atom stereocenters. The molecule has 0 spiro atoms. The van der Waals surface area contributed by atoms with E-state index < -0.39 is 0 Å². The molecule has 5 nitrogen and oxygen atoms in total. The first kappa shape index (κ1) is 20.0. The van der Waals surface area contributed by atoms with Crippen LogP contribution >= 0.6 is 15.9 Å². The lowest BCUT2D eigenvalue weighted by Gasteiger charge is -2.43. The van der Waals surface area contributed by atoms with Crippen molar-refractivity contribution in [3.63, 3.8) is 0 Å². The maximum Gasteiger partial charge on any atom is 0.244 e. The summed E-state index contributed by atoms with van der Waals surface area (Å²) in [6.45, 7) is -0.0500. The van der Waals surface area contributed by atoms with Gasteiger partial charge in [-0.1, -0.05) is 34.1 Å². The molecule has 6 heteroatoms. The smallest absolute Gasteiger partial charge is 0.244 e. The van der Waals surface area contributed by atoms with Crippen molar-refractivity contribution in [1.29, 1.82) is 5.26 Å². The SMILES string of the molecule is COc1cc(C=CC(=O)NC2(c3cccc(Br)c3)CCC2)ccc1OCC#N. The standard InChI is InChI=1S/C22H21BrN2O3/c1-27-20-14-16(6-8-19(20)28-13-12-24)7-9-21(26)25-22(10-3-11-22)17-4-2-5-18(23)15-17/h2,4-9,14-15H,3,10-11,13H2,1H3,(H,25,26). The Labute approximate surface area is 173 Å². The zero-order valence-electron chi connectivity index (χ0n) is 15.6. The maximum absolute atomic E-state index is 12.5. The number of hydrogen-bond donors (Lipinski definition) is 1. The average molecular weight is 441 g/mol. The highest BCUT2D eigenvalue weighted by molar-refractivity contribution is 9.10. The number of ether oxygens (including phenoxy) is 2.